The number of aromatic amines is 1. The molecule has 2 rings (SSSR count). The SMILES string of the molecule is CSc1[nH]c(=O)c(-c2cccs2)cc1C#N. The second kappa shape index (κ2) is 4.56. The van der Waals surface area contributed by atoms with Crippen molar-refractivity contribution in [3.05, 3.63) is 39.5 Å². The summed E-state index contributed by atoms with van der Waals surface area (Å²) in [6, 6.07) is 7.49. The molecular weight excluding hydrogens is 240 g/mol. The van der Waals surface area contributed by atoms with Crippen LogP contribution < -0.4 is 5.56 Å². The molecule has 0 aromatic carbocycles. The van der Waals surface area contributed by atoms with Gasteiger partial charge in [0.15, 0.2) is 0 Å². The molecule has 0 aliphatic rings. The predicted molar refractivity (Wildman–Crippen MR) is 66.9 cm³/mol. The molecule has 16 heavy (non-hydrogen) atoms. The van der Waals surface area contributed by atoms with Crippen molar-refractivity contribution in [2.45, 2.75) is 5.03 Å². The van der Waals surface area contributed by atoms with E-state index in [2.05, 4.69) is 11.1 Å². The minimum absolute atomic E-state index is 0.147. The molecule has 2 aromatic heterocycles. The number of aromatic nitrogens is 1. The van der Waals surface area contributed by atoms with E-state index in [1.165, 1.54) is 23.1 Å². The molecule has 80 valence electrons. The summed E-state index contributed by atoms with van der Waals surface area (Å²) >= 11 is 2.85. The number of hydrogen-bond donors (Lipinski definition) is 1. The monoisotopic (exact) mass is 248 g/mol. The Morgan fingerprint density at radius 2 is 2.38 bits per heavy atom. The van der Waals surface area contributed by atoms with Crippen molar-refractivity contribution < 1.29 is 0 Å². The molecule has 0 unspecified atom stereocenters. The Morgan fingerprint density at radius 3 is 2.94 bits per heavy atom. The van der Waals surface area contributed by atoms with Gasteiger partial charge in [0.1, 0.15) is 6.07 Å². The maximum absolute atomic E-state index is 11.8. The van der Waals surface area contributed by atoms with Crippen LogP contribution in [-0.2, 0) is 0 Å². The van der Waals surface area contributed by atoms with Gasteiger partial charge in [-0.2, -0.15) is 5.26 Å². The highest BCUT2D eigenvalue weighted by Gasteiger charge is 2.09. The number of thiophene rings is 1. The molecule has 1 N–H and O–H groups in total. The van der Waals surface area contributed by atoms with E-state index >= 15 is 0 Å². The van der Waals surface area contributed by atoms with E-state index in [1.54, 1.807) is 6.07 Å². The van der Waals surface area contributed by atoms with Crippen LogP contribution in [0.3, 0.4) is 0 Å². The number of hydrogen-bond acceptors (Lipinski definition) is 4. The van der Waals surface area contributed by atoms with Crippen molar-refractivity contribution in [2.75, 3.05) is 6.26 Å². The molecule has 0 amide bonds. The number of H-pyrrole nitrogens is 1. The van der Waals surface area contributed by atoms with E-state index in [-0.39, 0.29) is 5.56 Å². The predicted octanol–water partition coefficient (Wildman–Crippen LogP) is 2.70. The third-order valence-electron chi connectivity index (χ3n) is 2.12. The molecule has 0 aliphatic carbocycles. The van der Waals surface area contributed by atoms with Crippen LogP contribution in [0.5, 0.6) is 0 Å². The van der Waals surface area contributed by atoms with E-state index in [0.29, 0.717) is 16.2 Å². The van der Waals surface area contributed by atoms with Crippen LogP contribution >= 0.6 is 23.1 Å². The quantitative estimate of drug-likeness (QED) is 0.831. The largest absolute Gasteiger partial charge is 0.315 e. The van der Waals surface area contributed by atoms with Gasteiger partial charge in [-0.05, 0) is 23.8 Å². The average Bonchev–Trinajstić information content (AvgIpc) is 2.82. The Hall–Kier alpha value is -1.51. The number of thioether (sulfide) groups is 1. The van der Waals surface area contributed by atoms with Crippen molar-refractivity contribution in [3.63, 3.8) is 0 Å². The second-order valence-electron chi connectivity index (χ2n) is 3.05. The van der Waals surface area contributed by atoms with Crippen molar-refractivity contribution in [1.82, 2.24) is 4.98 Å². The second-order valence-corrected chi connectivity index (χ2v) is 4.81. The van der Waals surface area contributed by atoms with Crippen LogP contribution in [0.4, 0.5) is 0 Å². The Morgan fingerprint density at radius 1 is 1.56 bits per heavy atom. The highest BCUT2D eigenvalue weighted by molar-refractivity contribution is 7.98. The lowest BCUT2D eigenvalue weighted by Gasteiger charge is -2.02. The van der Waals surface area contributed by atoms with Gasteiger partial charge >= 0.3 is 0 Å². The number of nitriles is 1. The first-order valence-corrected chi connectivity index (χ1v) is 6.62. The number of pyridine rings is 1. The van der Waals surface area contributed by atoms with Crippen molar-refractivity contribution in [2.24, 2.45) is 0 Å². The fourth-order valence-electron chi connectivity index (χ4n) is 1.37. The summed E-state index contributed by atoms with van der Waals surface area (Å²) in [6.45, 7) is 0. The molecule has 0 saturated carbocycles. The van der Waals surface area contributed by atoms with Crippen molar-refractivity contribution in [3.8, 4) is 16.5 Å². The van der Waals surface area contributed by atoms with E-state index in [0.717, 1.165) is 4.88 Å². The highest BCUT2D eigenvalue weighted by atomic mass is 32.2. The molecule has 3 nitrogen and oxygen atoms in total. The summed E-state index contributed by atoms with van der Waals surface area (Å²) in [7, 11) is 0. The van der Waals surface area contributed by atoms with Gasteiger partial charge in [0, 0.05) is 4.88 Å². The summed E-state index contributed by atoms with van der Waals surface area (Å²) in [5.74, 6) is 0. The third kappa shape index (κ3) is 1.90. The topological polar surface area (TPSA) is 56.6 Å². The highest BCUT2D eigenvalue weighted by Crippen LogP contribution is 2.24. The Labute approximate surface area is 101 Å². The van der Waals surface area contributed by atoms with Crippen LogP contribution in [0.15, 0.2) is 33.4 Å². The lowest BCUT2D eigenvalue weighted by Crippen LogP contribution is -2.10. The fraction of sp³-hybridized carbons (Fsp3) is 0.0909. The maximum Gasteiger partial charge on any atom is 0.257 e. The Kier molecular flexibility index (Phi) is 3.13. The first-order chi connectivity index (χ1) is 7.76. The van der Waals surface area contributed by atoms with Crippen LogP contribution in [0.2, 0.25) is 0 Å². The van der Waals surface area contributed by atoms with Gasteiger partial charge in [0.25, 0.3) is 5.56 Å². The molecule has 5 heteroatoms. The van der Waals surface area contributed by atoms with Gasteiger partial charge in [-0.3, -0.25) is 4.79 Å². The normalized spacial score (nSPS) is 10.0. The molecule has 0 fully saturated rings. The minimum Gasteiger partial charge on any atom is -0.315 e. The van der Waals surface area contributed by atoms with Crippen LogP contribution in [0, 0.1) is 11.3 Å². The smallest absolute Gasteiger partial charge is 0.257 e. The molecule has 0 radical (unpaired) electrons. The van der Waals surface area contributed by atoms with E-state index < -0.39 is 0 Å². The van der Waals surface area contributed by atoms with Gasteiger partial charge in [-0.1, -0.05) is 6.07 Å². The first kappa shape index (κ1) is 11.0. The lowest BCUT2D eigenvalue weighted by atomic mass is 10.2. The molecule has 0 spiro atoms. The summed E-state index contributed by atoms with van der Waals surface area (Å²) < 4.78 is 0. The zero-order chi connectivity index (χ0) is 11.5. The Bertz CT molecular complexity index is 593. The molecular formula is C11H8N2OS2. The number of nitrogens with zero attached hydrogens (tertiary/aromatic N) is 1. The zero-order valence-electron chi connectivity index (χ0n) is 8.48. The zero-order valence-corrected chi connectivity index (χ0v) is 10.1. The third-order valence-corrected chi connectivity index (χ3v) is 3.75. The fourth-order valence-corrected chi connectivity index (χ4v) is 2.63. The van der Waals surface area contributed by atoms with Crippen molar-refractivity contribution >= 4 is 23.1 Å². The summed E-state index contributed by atoms with van der Waals surface area (Å²) in [6.07, 6.45) is 1.83. The van der Waals surface area contributed by atoms with E-state index in [1.807, 2.05) is 23.8 Å². The maximum atomic E-state index is 11.8. The molecule has 0 bridgehead atoms. The number of nitrogens with one attached hydrogen (secondary N) is 1. The van der Waals surface area contributed by atoms with Gasteiger partial charge in [0.2, 0.25) is 0 Å². The standard InChI is InChI=1S/C11H8N2OS2/c1-15-11-7(6-12)5-8(10(14)13-11)9-3-2-4-16-9/h2-5H,1H3,(H,13,14). The van der Waals surface area contributed by atoms with E-state index in [4.69, 9.17) is 5.26 Å². The van der Waals surface area contributed by atoms with Gasteiger partial charge < -0.3 is 4.98 Å². The summed E-state index contributed by atoms with van der Waals surface area (Å²) in [5, 5.41) is 11.5. The Balaban J connectivity index is 2.66. The van der Waals surface area contributed by atoms with Gasteiger partial charge in [-0.25, -0.2) is 0 Å². The molecule has 0 atom stereocenters. The minimum atomic E-state index is -0.147. The summed E-state index contributed by atoms with van der Waals surface area (Å²) in [4.78, 5) is 15.4. The first-order valence-electron chi connectivity index (χ1n) is 4.51. The number of rotatable bonds is 2. The summed E-state index contributed by atoms with van der Waals surface area (Å²) in [5.41, 5.74) is 0.922. The molecule has 2 aromatic rings. The van der Waals surface area contributed by atoms with Crippen molar-refractivity contribution in [1.29, 1.82) is 5.26 Å². The molecule has 0 aliphatic heterocycles. The van der Waals surface area contributed by atoms with Gasteiger partial charge in [-0.15, -0.1) is 23.1 Å². The lowest BCUT2D eigenvalue weighted by molar-refractivity contribution is 1.07. The van der Waals surface area contributed by atoms with Crippen LogP contribution in [0.25, 0.3) is 10.4 Å². The molecule has 0 saturated heterocycles. The van der Waals surface area contributed by atoms with Crippen LogP contribution in [0.1, 0.15) is 5.56 Å². The van der Waals surface area contributed by atoms with E-state index in [9.17, 15) is 4.79 Å². The molecule has 2 heterocycles. The van der Waals surface area contributed by atoms with Gasteiger partial charge in [0.05, 0.1) is 16.2 Å². The van der Waals surface area contributed by atoms with Crippen LogP contribution in [-0.4, -0.2) is 11.2 Å². The average molecular weight is 248 g/mol.